The number of carbonyl (C=O) groups excluding carboxylic acids is 1. The number of sulfone groups is 1. The number of carbonyl (C=O) groups is 1. The summed E-state index contributed by atoms with van der Waals surface area (Å²) in [5, 5.41) is 0. The van der Waals surface area contributed by atoms with Gasteiger partial charge in [-0.05, 0) is 18.6 Å². The number of benzene rings is 1. The first kappa shape index (κ1) is 19.9. The molecule has 3 nitrogen and oxygen atoms in total. The standard InChI is InChI=1S/C19H30O3S/c1-2-3-4-5-6-7-8-9-10-11-16-23(21,22)19-14-12-18(17-20)13-15-19/h12-15,17H,2-11,16H2,1H3. The van der Waals surface area contributed by atoms with E-state index in [2.05, 4.69) is 6.92 Å². The molecule has 0 heterocycles. The second kappa shape index (κ2) is 11.4. The first-order valence-electron chi connectivity index (χ1n) is 8.88. The highest BCUT2D eigenvalue weighted by Crippen LogP contribution is 2.15. The summed E-state index contributed by atoms with van der Waals surface area (Å²) in [5.41, 5.74) is 0.503. The summed E-state index contributed by atoms with van der Waals surface area (Å²) in [4.78, 5) is 10.9. The van der Waals surface area contributed by atoms with Gasteiger partial charge in [-0.1, -0.05) is 76.8 Å². The Morgan fingerprint density at radius 1 is 0.783 bits per heavy atom. The lowest BCUT2D eigenvalue weighted by atomic mass is 10.1. The Morgan fingerprint density at radius 2 is 1.26 bits per heavy atom. The van der Waals surface area contributed by atoms with Crippen LogP contribution in [0.5, 0.6) is 0 Å². The van der Waals surface area contributed by atoms with Gasteiger partial charge in [-0.3, -0.25) is 4.79 Å². The van der Waals surface area contributed by atoms with Crippen molar-refractivity contribution in [1.29, 1.82) is 0 Å². The molecule has 0 fully saturated rings. The Labute approximate surface area is 141 Å². The number of hydrogen-bond acceptors (Lipinski definition) is 3. The molecule has 130 valence electrons. The molecule has 0 unspecified atom stereocenters. The van der Waals surface area contributed by atoms with Crippen molar-refractivity contribution in [1.82, 2.24) is 0 Å². The first-order chi connectivity index (χ1) is 11.1. The molecule has 0 atom stereocenters. The van der Waals surface area contributed by atoms with E-state index in [1.165, 1.54) is 57.1 Å². The van der Waals surface area contributed by atoms with E-state index in [0.29, 0.717) is 16.9 Å². The van der Waals surface area contributed by atoms with Crippen LogP contribution in [-0.2, 0) is 9.84 Å². The molecular formula is C19H30O3S. The lowest BCUT2D eigenvalue weighted by Crippen LogP contribution is -2.06. The van der Waals surface area contributed by atoms with Gasteiger partial charge in [-0.2, -0.15) is 0 Å². The molecule has 0 aliphatic heterocycles. The van der Waals surface area contributed by atoms with Gasteiger partial charge in [0.05, 0.1) is 10.6 Å². The second-order valence-electron chi connectivity index (χ2n) is 6.19. The highest BCUT2D eigenvalue weighted by molar-refractivity contribution is 7.91. The van der Waals surface area contributed by atoms with Crippen molar-refractivity contribution >= 4 is 16.1 Å². The SMILES string of the molecule is CCCCCCCCCCCCS(=O)(=O)c1ccc(C=O)cc1. The van der Waals surface area contributed by atoms with Gasteiger partial charge < -0.3 is 0 Å². The van der Waals surface area contributed by atoms with E-state index in [1.807, 2.05) is 0 Å². The van der Waals surface area contributed by atoms with Crippen LogP contribution in [0, 0.1) is 0 Å². The highest BCUT2D eigenvalue weighted by atomic mass is 32.2. The first-order valence-corrected chi connectivity index (χ1v) is 10.5. The van der Waals surface area contributed by atoms with Gasteiger partial charge in [0.15, 0.2) is 9.84 Å². The predicted molar refractivity (Wildman–Crippen MR) is 95.7 cm³/mol. The maximum atomic E-state index is 12.2. The van der Waals surface area contributed by atoms with Gasteiger partial charge in [0.1, 0.15) is 6.29 Å². The minimum absolute atomic E-state index is 0.198. The van der Waals surface area contributed by atoms with Crippen molar-refractivity contribution in [2.24, 2.45) is 0 Å². The molecule has 0 aliphatic carbocycles. The average Bonchev–Trinajstić information content (AvgIpc) is 2.56. The van der Waals surface area contributed by atoms with E-state index in [-0.39, 0.29) is 5.75 Å². The fourth-order valence-electron chi connectivity index (χ4n) is 2.65. The van der Waals surface area contributed by atoms with E-state index in [1.54, 1.807) is 12.1 Å². The second-order valence-corrected chi connectivity index (χ2v) is 8.30. The largest absolute Gasteiger partial charge is 0.298 e. The summed E-state index contributed by atoms with van der Waals surface area (Å²) in [6, 6.07) is 6.15. The Bertz CT molecular complexity index is 532. The molecule has 0 bridgehead atoms. The van der Waals surface area contributed by atoms with Crippen LogP contribution in [0.25, 0.3) is 0 Å². The van der Waals surface area contributed by atoms with Gasteiger partial charge in [-0.15, -0.1) is 0 Å². The molecule has 1 aromatic rings. The van der Waals surface area contributed by atoms with Gasteiger partial charge in [0.2, 0.25) is 0 Å². The Kier molecular flexibility index (Phi) is 9.85. The molecule has 4 heteroatoms. The summed E-state index contributed by atoms with van der Waals surface area (Å²) in [7, 11) is -3.21. The zero-order chi connectivity index (χ0) is 17.0. The molecule has 0 N–H and O–H groups in total. The fraction of sp³-hybridized carbons (Fsp3) is 0.632. The zero-order valence-corrected chi connectivity index (χ0v) is 15.1. The lowest BCUT2D eigenvalue weighted by Gasteiger charge is -2.05. The third-order valence-corrected chi connectivity index (χ3v) is 5.96. The fourth-order valence-corrected chi connectivity index (χ4v) is 4.02. The Morgan fingerprint density at radius 3 is 1.74 bits per heavy atom. The molecule has 0 aliphatic rings. The van der Waals surface area contributed by atoms with Crippen LogP contribution in [-0.4, -0.2) is 20.5 Å². The zero-order valence-electron chi connectivity index (χ0n) is 14.3. The molecule has 1 aromatic carbocycles. The van der Waals surface area contributed by atoms with Crippen LogP contribution in [0.1, 0.15) is 81.5 Å². The van der Waals surface area contributed by atoms with Crippen molar-refractivity contribution in [3.63, 3.8) is 0 Å². The van der Waals surface area contributed by atoms with Crippen LogP contribution in [0.2, 0.25) is 0 Å². The summed E-state index contributed by atoms with van der Waals surface area (Å²) < 4.78 is 24.4. The van der Waals surface area contributed by atoms with E-state index < -0.39 is 9.84 Å². The number of unbranched alkanes of at least 4 members (excludes halogenated alkanes) is 9. The van der Waals surface area contributed by atoms with E-state index in [0.717, 1.165) is 19.1 Å². The van der Waals surface area contributed by atoms with Crippen molar-refractivity contribution in [3.8, 4) is 0 Å². The molecule has 0 radical (unpaired) electrons. The van der Waals surface area contributed by atoms with Crippen LogP contribution >= 0.6 is 0 Å². The smallest absolute Gasteiger partial charge is 0.178 e. The molecule has 0 amide bonds. The number of aldehydes is 1. The van der Waals surface area contributed by atoms with Crippen LogP contribution < -0.4 is 0 Å². The van der Waals surface area contributed by atoms with Crippen LogP contribution in [0.3, 0.4) is 0 Å². The van der Waals surface area contributed by atoms with Gasteiger partial charge >= 0.3 is 0 Å². The van der Waals surface area contributed by atoms with Crippen molar-refractivity contribution < 1.29 is 13.2 Å². The molecule has 0 spiro atoms. The molecular weight excluding hydrogens is 308 g/mol. The van der Waals surface area contributed by atoms with E-state index >= 15 is 0 Å². The van der Waals surface area contributed by atoms with E-state index in [4.69, 9.17) is 0 Å². The van der Waals surface area contributed by atoms with Crippen molar-refractivity contribution in [3.05, 3.63) is 29.8 Å². The summed E-state index contributed by atoms with van der Waals surface area (Å²) in [6.45, 7) is 2.23. The third kappa shape index (κ3) is 8.31. The summed E-state index contributed by atoms with van der Waals surface area (Å²) in [6.07, 6.45) is 12.6. The van der Waals surface area contributed by atoms with E-state index in [9.17, 15) is 13.2 Å². The molecule has 23 heavy (non-hydrogen) atoms. The normalized spacial score (nSPS) is 11.5. The quantitative estimate of drug-likeness (QED) is 0.367. The average molecular weight is 339 g/mol. The predicted octanol–water partition coefficient (Wildman–Crippen LogP) is 5.19. The third-order valence-electron chi connectivity index (χ3n) is 4.14. The maximum Gasteiger partial charge on any atom is 0.178 e. The monoisotopic (exact) mass is 338 g/mol. The van der Waals surface area contributed by atoms with Gasteiger partial charge in [-0.25, -0.2) is 8.42 Å². The van der Waals surface area contributed by atoms with Gasteiger partial charge in [0.25, 0.3) is 0 Å². The molecule has 0 saturated carbocycles. The minimum Gasteiger partial charge on any atom is -0.298 e. The molecule has 0 aromatic heterocycles. The van der Waals surface area contributed by atoms with Crippen LogP contribution in [0.4, 0.5) is 0 Å². The molecule has 1 rings (SSSR count). The lowest BCUT2D eigenvalue weighted by molar-refractivity contribution is 0.112. The Balaban J connectivity index is 2.15. The van der Waals surface area contributed by atoms with Crippen molar-refractivity contribution in [2.45, 2.75) is 76.0 Å². The van der Waals surface area contributed by atoms with Crippen molar-refractivity contribution in [2.75, 3.05) is 5.75 Å². The van der Waals surface area contributed by atoms with Crippen LogP contribution in [0.15, 0.2) is 29.2 Å². The highest BCUT2D eigenvalue weighted by Gasteiger charge is 2.13. The topological polar surface area (TPSA) is 51.2 Å². The summed E-state index contributed by atoms with van der Waals surface area (Å²) >= 11 is 0. The number of hydrogen-bond donors (Lipinski definition) is 0. The summed E-state index contributed by atoms with van der Waals surface area (Å²) in [5.74, 6) is 0.198. The molecule has 0 saturated heterocycles. The van der Waals surface area contributed by atoms with Gasteiger partial charge in [0, 0.05) is 5.56 Å². The Hall–Kier alpha value is -1.16. The maximum absolute atomic E-state index is 12.2. The number of rotatable bonds is 13. The minimum atomic E-state index is -3.21.